The molecule has 0 fully saturated rings. The number of hydrogen-bond acceptors (Lipinski definition) is 7. The molecular formula is C28H36N4O5. The van der Waals surface area contributed by atoms with Crippen LogP contribution in [0.2, 0.25) is 0 Å². The minimum absolute atomic E-state index is 0.0327. The molecule has 0 saturated carbocycles. The Morgan fingerprint density at radius 3 is 2.70 bits per heavy atom. The first-order valence-corrected chi connectivity index (χ1v) is 12.3. The van der Waals surface area contributed by atoms with Crippen molar-refractivity contribution in [1.82, 2.24) is 19.7 Å². The van der Waals surface area contributed by atoms with Gasteiger partial charge in [-0.2, -0.15) is 0 Å². The molecule has 37 heavy (non-hydrogen) atoms. The van der Waals surface area contributed by atoms with Gasteiger partial charge in [0.2, 0.25) is 11.8 Å². The number of amides is 2. The summed E-state index contributed by atoms with van der Waals surface area (Å²) in [6.07, 6.45) is 1.16. The Labute approximate surface area is 219 Å². The lowest BCUT2D eigenvalue weighted by molar-refractivity contribution is -0.132. The molecule has 3 atom stereocenters. The summed E-state index contributed by atoms with van der Waals surface area (Å²) in [4.78, 5) is 35.7. The molecule has 2 amide bonds. The van der Waals surface area contributed by atoms with Crippen molar-refractivity contribution in [3.05, 3.63) is 53.2 Å². The molecule has 0 spiro atoms. The van der Waals surface area contributed by atoms with Crippen molar-refractivity contribution in [1.29, 1.82) is 0 Å². The van der Waals surface area contributed by atoms with E-state index in [0.717, 1.165) is 0 Å². The summed E-state index contributed by atoms with van der Waals surface area (Å²) in [7, 11) is 7.01. The van der Waals surface area contributed by atoms with E-state index in [2.05, 4.69) is 16.8 Å². The number of rotatable bonds is 7. The van der Waals surface area contributed by atoms with Crippen LogP contribution in [0.5, 0.6) is 11.6 Å². The monoisotopic (exact) mass is 508 g/mol. The van der Waals surface area contributed by atoms with Gasteiger partial charge in [0, 0.05) is 31.3 Å². The van der Waals surface area contributed by atoms with E-state index in [9.17, 15) is 14.7 Å². The Hall–Kier alpha value is -3.61. The van der Waals surface area contributed by atoms with Crippen LogP contribution >= 0.6 is 0 Å². The van der Waals surface area contributed by atoms with Crippen molar-refractivity contribution in [3.8, 4) is 23.5 Å². The van der Waals surface area contributed by atoms with Crippen LogP contribution in [0.4, 0.5) is 0 Å². The summed E-state index contributed by atoms with van der Waals surface area (Å²) in [5.74, 6) is 6.54. The van der Waals surface area contributed by atoms with E-state index >= 15 is 0 Å². The van der Waals surface area contributed by atoms with Gasteiger partial charge in [0.15, 0.2) is 0 Å². The minimum Gasteiger partial charge on any atom is -0.495 e. The second-order valence-electron chi connectivity index (χ2n) is 9.66. The molecule has 0 radical (unpaired) electrons. The fourth-order valence-electron chi connectivity index (χ4n) is 4.04. The Balaban J connectivity index is 1.97. The SMILES string of the molecule is COc1ccccc1C#Cc1cnc2c(c1)C(=O)N([C@@H](C)CO)C[C@H](C)[C@H](CN(C)C(=O)CN(C)C)O2. The zero-order valence-electron chi connectivity index (χ0n) is 22.4. The molecule has 0 unspecified atom stereocenters. The number of aliphatic hydroxyl groups excluding tert-OH is 1. The largest absolute Gasteiger partial charge is 0.495 e. The molecule has 1 aromatic carbocycles. The third kappa shape index (κ3) is 7.00. The van der Waals surface area contributed by atoms with Crippen molar-refractivity contribution in [2.45, 2.75) is 26.0 Å². The maximum Gasteiger partial charge on any atom is 0.259 e. The lowest BCUT2D eigenvalue weighted by atomic mass is 10.00. The van der Waals surface area contributed by atoms with Crippen molar-refractivity contribution >= 4 is 11.8 Å². The van der Waals surface area contributed by atoms with Crippen LogP contribution in [-0.4, -0.2) is 103 Å². The van der Waals surface area contributed by atoms with Crippen LogP contribution in [-0.2, 0) is 4.79 Å². The number of para-hydroxylation sites is 1. The van der Waals surface area contributed by atoms with Crippen LogP contribution in [0.3, 0.4) is 0 Å². The number of carbonyl (C=O) groups is 2. The second-order valence-corrected chi connectivity index (χ2v) is 9.66. The highest BCUT2D eigenvalue weighted by Crippen LogP contribution is 2.27. The maximum atomic E-state index is 13.6. The molecular weight excluding hydrogens is 472 g/mol. The van der Waals surface area contributed by atoms with E-state index in [4.69, 9.17) is 9.47 Å². The summed E-state index contributed by atoms with van der Waals surface area (Å²) in [5.41, 5.74) is 1.53. The number of aromatic nitrogens is 1. The Morgan fingerprint density at radius 1 is 1.30 bits per heavy atom. The van der Waals surface area contributed by atoms with Gasteiger partial charge >= 0.3 is 0 Å². The third-order valence-corrected chi connectivity index (χ3v) is 6.30. The highest BCUT2D eigenvalue weighted by molar-refractivity contribution is 5.97. The smallest absolute Gasteiger partial charge is 0.259 e. The number of hydrogen-bond donors (Lipinski definition) is 1. The molecule has 9 heteroatoms. The van der Waals surface area contributed by atoms with Crippen molar-refractivity contribution in [3.63, 3.8) is 0 Å². The van der Waals surface area contributed by atoms with Crippen molar-refractivity contribution in [2.75, 3.05) is 54.5 Å². The summed E-state index contributed by atoms with van der Waals surface area (Å²) in [6, 6.07) is 8.68. The molecule has 9 nitrogen and oxygen atoms in total. The molecule has 198 valence electrons. The fourth-order valence-corrected chi connectivity index (χ4v) is 4.04. The molecule has 0 aliphatic carbocycles. The summed E-state index contributed by atoms with van der Waals surface area (Å²) in [6.45, 7) is 4.57. The fraction of sp³-hybridized carbons (Fsp3) is 0.464. The van der Waals surface area contributed by atoms with Gasteiger partial charge in [-0.3, -0.25) is 9.59 Å². The molecule has 2 aromatic rings. The van der Waals surface area contributed by atoms with Crippen LogP contribution in [0, 0.1) is 17.8 Å². The lowest BCUT2D eigenvalue weighted by Gasteiger charge is -2.37. The number of fused-ring (bicyclic) bond motifs is 1. The van der Waals surface area contributed by atoms with Crippen molar-refractivity contribution in [2.24, 2.45) is 5.92 Å². The molecule has 1 aromatic heterocycles. The topological polar surface area (TPSA) is 95.4 Å². The normalized spacial score (nSPS) is 18.1. The van der Waals surface area contributed by atoms with Crippen molar-refractivity contribution < 1.29 is 24.2 Å². The molecule has 1 N–H and O–H groups in total. The molecule has 1 aliphatic rings. The quantitative estimate of drug-likeness (QED) is 0.569. The van der Waals surface area contributed by atoms with Crippen LogP contribution in [0.25, 0.3) is 0 Å². The van der Waals surface area contributed by atoms with Gasteiger partial charge in [0.25, 0.3) is 5.91 Å². The van der Waals surface area contributed by atoms with Gasteiger partial charge in [0.1, 0.15) is 17.4 Å². The van der Waals surface area contributed by atoms with Gasteiger partial charge in [-0.05, 0) is 39.2 Å². The van der Waals surface area contributed by atoms with Gasteiger partial charge in [-0.1, -0.05) is 30.9 Å². The number of carbonyl (C=O) groups excluding carboxylic acids is 2. The molecule has 2 heterocycles. The Kier molecular flexibility index (Phi) is 9.50. The number of benzene rings is 1. The molecule has 1 aliphatic heterocycles. The zero-order chi connectivity index (χ0) is 27.1. The number of methoxy groups -OCH3 is 1. The van der Waals surface area contributed by atoms with E-state index in [0.29, 0.717) is 30.0 Å². The second kappa shape index (κ2) is 12.6. The zero-order valence-corrected chi connectivity index (χ0v) is 22.4. The average Bonchev–Trinajstić information content (AvgIpc) is 2.88. The number of pyridine rings is 1. The lowest BCUT2D eigenvalue weighted by Crippen LogP contribution is -2.51. The number of aliphatic hydroxyl groups is 1. The summed E-state index contributed by atoms with van der Waals surface area (Å²) >= 11 is 0. The number of ether oxygens (including phenoxy) is 2. The molecule has 0 saturated heterocycles. The maximum absolute atomic E-state index is 13.6. The average molecular weight is 509 g/mol. The first-order valence-electron chi connectivity index (χ1n) is 12.3. The molecule has 3 rings (SSSR count). The first-order chi connectivity index (χ1) is 17.6. The predicted octanol–water partition coefficient (Wildman–Crippen LogP) is 1.73. The molecule has 0 bridgehead atoms. The van der Waals surface area contributed by atoms with Crippen LogP contribution in [0.15, 0.2) is 36.5 Å². The van der Waals surface area contributed by atoms with Crippen LogP contribution in [0.1, 0.15) is 35.3 Å². The van der Waals surface area contributed by atoms with Gasteiger partial charge < -0.3 is 29.3 Å². The summed E-state index contributed by atoms with van der Waals surface area (Å²) in [5, 5.41) is 9.85. The van der Waals surface area contributed by atoms with E-state index in [1.807, 2.05) is 50.2 Å². The summed E-state index contributed by atoms with van der Waals surface area (Å²) < 4.78 is 11.6. The van der Waals surface area contributed by atoms with E-state index in [-0.39, 0.29) is 42.3 Å². The predicted molar refractivity (Wildman–Crippen MR) is 141 cm³/mol. The Morgan fingerprint density at radius 2 is 2.03 bits per heavy atom. The third-order valence-electron chi connectivity index (χ3n) is 6.30. The highest BCUT2D eigenvalue weighted by atomic mass is 16.5. The van der Waals surface area contributed by atoms with Crippen LogP contribution < -0.4 is 9.47 Å². The van der Waals surface area contributed by atoms with E-state index in [1.54, 1.807) is 43.1 Å². The standard InChI is InChI=1S/C28H36N4O5/c1-19-15-32(20(2)18-33)28(35)23-13-21(11-12-22-9-7-8-10-24(22)36-6)14-29-27(23)37-25(19)16-31(5)26(34)17-30(3)4/h7-10,13-14,19-20,25,33H,15-18H2,1-6H3/t19-,20-,25-/m0/s1. The van der Waals surface area contributed by atoms with Gasteiger partial charge in [-0.15, -0.1) is 0 Å². The van der Waals surface area contributed by atoms with Gasteiger partial charge in [0.05, 0.1) is 38.4 Å². The van der Waals surface area contributed by atoms with E-state index in [1.165, 1.54) is 0 Å². The van der Waals surface area contributed by atoms with E-state index < -0.39 is 12.1 Å². The Bertz CT molecular complexity index is 1170. The minimum atomic E-state index is -0.408. The number of nitrogens with zero attached hydrogens (tertiary/aromatic N) is 4. The van der Waals surface area contributed by atoms with Gasteiger partial charge in [-0.25, -0.2) is 4.98 Å². The number of likely N-dealkylation sites (N-methyl/N-ethyl adjacent to an activating group) is 2. The highest BCUT2D eigenvalue weighted by Gasteiger charge is 2.34. The first kappa shape index (κ1) is 28.0.